The molecule has 1 aliphatic heterocycles. The largest absolute Gasteiger partial charge is 0.325 e. The van der Waals surface area contributed by atoms with Gasteiger partial charge in [-0.05, 0) is 31.7 Å². The monoisotopic (exact) mass is 316 g/mol. The summed E-state index contributed by atoms with van der Waals surface area (Å²) in [5.41, 5.74) is 0.651. The molecule has 1 N–H and O–H groups in total. The standard InChI is InChI=1S/C18H24N2O3/c1-11(20-15(22)18(5,6)19-16(20)23)14(21)12-7-9-13(10-8-12)17(2,3)4/h7-11H,1-6H3,(H,19,23). The van der Waals surface area contributed by atoms with Gasteiger partial charge < -0.3 is 5.32 Å². The first-order chi connectivity index (χ1) is 10.4. The Labute approximate surface area is 137 Å². The molecule has 1 aromatic rings. The van der Waals surface area contributed by atoms with Crippen LogP contribution in [-0.2, 0) is 10.2 Å². The van der Waals surface area contributed by atoms with E-state index in [2.05, 4.69) is 26.1 Å². The van der Waals surface area contributed by atoms with Crippen LogP contribution in [0.2, 0.25) is 0 Å². The summed E-state index contributed by atoms with van der Waals surface area (Å²) in [5, 5.41) is 2.59. The van der Waals surface area contributed by atoms with Gasteiger partial charge in [-0.3, -0.25) is 14.5 Å². The molecule has 3 amide bonds. The predicted molar refractivity (Wildman–Crippen MR) is 88.4 cm³/mol. The Bertz CT molecular complexity index is 654. The van der Waals surface area contributed by atoms with Crippen molar-refractivity contribution in [3.05, 3.63) is 35.4 Å². The molecular weight excluding hydrogens is 292 g/mol. The van der Waals surface area contributed by atoms with Crippen LogP contribution in [0.25, 0.3) is 0 Å². The number of amides is 3. The van der Waals surface area contributed by atoms with Gasteiger partial charge in [0.1, 0.15) is 11.6 Å². The van der Waals surface area contributed by atoms with Crippen molar-refractivity contribution in [1.29, 1.82) is 0 Å². The Balaban J connectivity index is 2.24. The number of Topliss-reactive ketones (excluding diaryl/α,β-unsaturated/α-hetero) is 1. The van der Waals surface area contributed by atoms with Gasteiger partial charge in [0, 0.05) is 5.56 Å². The van der Waals surface area contributed by atoms with Gasteiger partial charge >= 0.3 is 6.03 Å². The second kappa shape index (κ2) is 5.48. The van der Waals surface area contributed by atoms with Crippen molar-refractivity contribution in [2.45, 2.75) is 58.5 Å². The maximum Gasteiger partial charge on any atom is 0.325 e. The summed E-state index contributed by atoms with van der Waals surface area (Å²) in [6, 6.07) is 5.98. The zero-order valence-electron chi connectivity index (χ0n) is 14.6. The summed E-state index contributed by atoms with van der Waals surface area (Å²) in [6.07, 6.45) is 0. The second-order valence-electron chi connectivity index (χ2n) is 7.60. The molecule has 124 valence electrons. The van der Waals surface area contributed by atoms with Gasteiger partial charge in [0.05, 0.1) is 0 Å². The van der Waals surface area contributed by atoms with E-state index in [0.29, 0.717) is 5.56 Å². The smallest absolute Gasteiger partial charge is 0.324 e. The van der Waals surface area contributed by atoms with Crippen LogP contribution < -0.4 is 5.32 Å². The highest BCUT2D eigenvalue weighted by molar-refractivity contribution is 6.12. The van der Waals surface area contributed by atoms with Crippen LogP contribution >= 0.6 is 0 Å². The minimum Gasteiger partial charge on any atom is -0.324 e. The van der Waals surface area contributed by atoms with Crippen LogP contribution in [0, 0.1) is 0 Å². The number of hydrogen-bond acceptors (Lipinski definition) is 3. The zero-order chi connectivity index (χ0) is 17.6. The topological polar surface area (TPSA) is 66.5 Å². The lowest BCUT2D eigenvalue weighted by Gasteiger charge is -2.22. The Morgan fingerprint density at radius 2 is 1.65 bits per heavy atom. The van der Waals surface area contributed by atoms with E-state index < -0.39 is 17.6 Å². The Morgan fingerprint density at radius 1 is 1.13 bits per heavy atom. The normalized spacial score (nSPS) is 18.8. The van der Waals surface area contributed by atoms with E-state index in [1.54, 1.807) is 32.9 Å². The van der Waals surface area contributed by atoms with Crippen LogP contribution in [0.4, 0.5) is 4.79 Å². The molecule has 0 aromatic heterocycles. The summed E-state index contributed by atoms with van der Waals surface area (Å²) in [6.45, 7) is 11.1. The number of benzene rings is 1. The third-order valence-corrected chi connectivity index (χ3v) is 4.19. The van der Waals surface area contributed by atoms with E-state index in [1.165, 1.54) is 0 Å². The maximum atomic E-state index is 12.6. The van der Waals surface area contributed by atoms with Crippen molar-refractivity contribution >= 4 is 17.7 Å². The fourth-order valence-corrected chi connectivity index (χ4v) is 2.62. The van der Waals surface area contributed by atoms with Crippen molar-refractivity contribution < 1.29 is 14.4 Å². The average Bonchev–Trinajstić information content (AvgIpc) is 2.65. The van der Waals surface area contributed by atoms with Crippen molar-refractivity contribution in [1.82, 2.24) is 10.2 Å². The van der Waals surface area contributed by atoms with E-state index in [1.807, 2.05) is 12.1 Å². The number of nitrogens with one attached hydrogen (secondary N) is 1. The number of carbonyl (C=O) groups excluding carboxylic acids is 3. The van der Waals surface area contributed by atoms with E-state index in [4.69, 9.17) is 0 Å². The molecule has 1 heterocycles. The van der Waals surface area contributed by atoms with Crippen molar-refractivity contribution in [2.75, 3.05) is 0 Å². The molecule has 1 unspecified atom stereocenters. The van der Waals surface area contributed by atoms with E-state index in [-0.39, 0.29) is 17.1 Å². The lowest BCUT2D eigenvalue weighted by molar-refractivity contribution is -0.131. The predicted octanol–water partition coefficient (Wildman–Crippen LogP) is 2.89. The van der Waals surface area contributed by atoms with Crippen LogP contribution in [0.15, 0.2) is 24.3 Å². The Kier molecular flexibility index (Phi) is 4.09. The molecule has 0 spiro atoms. The highest BCUT2D eigenvalue weighted by Gasteiger charge is 2.47. The molecule has 0 radical (unpaired) electrons. The van der Waals surface area contributed by atoms with E-state index in [9.17, 15) is 14.4 Å². The molecule has 23 heavy (non-hydrogen) atoms. The highest BCUT2D eigenvalue weighted by Crippen LogP contribution is 2.24. The number of imide groups is 1. The lowest BCUT2D eigenvalue weighted by Crippen LogP contribution is -2.45. The molecule has 1 atom stereocenters. The fraction of sp³-hybridized carbons (Fsp3) is 0.500. The Morgan fingerprint density at radius 3 is 2.04 bits per heavy atom. The third-order valence-electron chi connectivity index (χ3n) is 4.19. The summed E-state index contributed by atoms with van der Waals surface area (Å²) >= 11 is 0. The Hall–Kier alpha value is -2.17. The van der Waals surface area contributed by atoms with Gasteiger partial charge in [-0.15, -0.1) is 0 Å². The first-order valence-electron chi connectivity index (χ1n) is 7.76. The number of hydrogen-bond donors (Lipinski definition) is 1. The first kappa shape index (κ1) is 17.2. The maximum absolute atomic E-state index is 12.6. The molecule has 0 aliphatic carbocycles. The molecule has 5 nitrogen and oxygen atoms in total. The number of rotatable bonds is 3. The SMILES string of the molecule is CC(C(=O)c1ccc(C(C)(C)C)cc1)N1C(=O)NC(C)(C)C1=O. The molecule has 1 fully saturated rings. The van der Waals surface area contributed by atoms with Crippen LogP contribution in [0.5, 0.6) is 0 Å². The van der Waals surface area contributed by atoms with Crippen molar-refractivity contribution in [3.8, 4) is 0 Å². The molecule has 0 saturated carbocycles. The molecule has 1 aliphatic rings. The molecular formula is C18H24N2O3. The van der Waals surface area contributed by atoms with Gasteiger partial charge in [0.25, 0.3) is 5.91 Å². The summed E-state index contributed by atoms with van der Waals surface area (Å²) in [5.74, 6) is -0.624. The quantitative estimate of drug-likeness (QED) is 0.689. The van der Waals surface area contributed by atoms with Gasteiger partial charge in [0.15, 0.2) is 5.78 Å². The average molecular weight is 316 g/mol. The number of nitrogens with zero attached hydrogens (tertiary/aromatic N) is 1. The molecule has 0 bridgehead atoms. The van der Waals surface area contributed by atoms with Gasteiger partial charge in [-0.25, -0.2) is 4.79 Å². The minimum absolute atomic E-state index is 0.00201. The molecule has 5 heteroatoms. The number of ketones is 1. The second-order valence-corrected chi connectivity index (χ2v) is 7.60. The molecule has 1 aromatic carbocycles. The van der Waals surface area contributed by atoms with E-state index >= 15 is 0 Å². The lowest BCUT2D eigenvalue weighted by atomic mass is 9.86. The summed E-state index contributed by atoms with van der Waals surface area (Å²) < 4.78 is 0. The third kappa shape index (κ3) is 3.14. The first-order valence-corrected chi connectivity index (χ1v) is 7.76. The fourth-order valence-electron chi connectivity index (χ4n) is 2.62. The molecule has 2 rings (SSSR count). The van der Waals surface area contributed by atoms with Gasteiger partial charge in [-0.2, -0.15) is 0 Å². The van der Waals surface area contributed by atoms with Crippen LogP contribution in [0.1, 0.15) is 57.5 Å². The molecule has 1 saturated heterocycles. The summed E-state index contributed by atoms with van der Waals surface area (Å²) in [4.78, 5) is 37.9. The minimum atomic E-state index is -0.971. The highest BCUT2D eigenvalue weighted by atomic mass is 16.2. The van der Waals surface area contributed by atoms with Crippen molar-refractivity contribution in [2.24, 2.45) is 0 Å². The van der Waals surface area contributed by atoms with Gasteiger partial charge in [-0.1, -0.05) is 45.0 Å². The number of carbonyl (C=O) groups is 3. The summed E-state index contributed by atoms with van der Waals surface area (Å²) in [7, 11) is 0. The zero-order valence-corrected chi connectivity index (χ0v) is 14.6. The van der Waals surface area contributed by atoms with Crippen LogP contribution in [-0.4, -0.2) is 34.2 Å². The number of urea groups is 1. The van der Waals surface area contributed by atoms with Gasteiger partial charge in [0.2, 0.25) is 0 Å². The van der Waals surface area contributed by atoms with Crippen molar-refractivity contribution in [3.63, 3.8) is 0 Å². The van der Waals surface area contributed by atoms with Crippen LogP contribution in [0.3, 0.4) is 0 Å². The van der Waals surface area contributed by atoms with E-state index in [0.717, 1.165) is 10.5 Å².